The molecule has 1 aliphatic rings. The molecule has 6 heteroatoms. The van der Waals surface area contributed by atoms with Gasteiger partial charge in [0.25, 0.3) is 5.91 Å². The van der Waals surface area contributed by atoms with Crippen LogP contribution in [0.5, 0.6) is 5.75 Å². The number of amides is 1. The zero-order chi connectivity index (χ0) is 17.1. The number of aromatic hydroxyl groups is 1. The van der Waals surface area contributed by atoms with Crippen LogP contribution in [0.25, 0.3) is 6.08 Å². The number of thioether (sulfide) groups is 1. The zero-order valence-electron chi connectivity index (χ0n) is 12.9. The minimum atomic E-state index is -0.370. The van der Waals surface area contributed by atoms with Crippen LogP contribution in [0.4, 0.5) is 10.1 Å². The molecule has 1 aliphatic heterocycles. The van der Waals surface area contributed by atoms with Crippen molar-refractivity contribution in [3.05, 3.63) is 64.8 Å². The largest absolute Gasteiger partial charge is 0.508 e. The molecule has 122 valence electrons. The molecule has 24 heavy (non-hydrogen) atoms. The maximum atomic E-state index is 13.8. The summed E-state index contributed by atoms with van der Waals surface area (Å²) in [5, 5.41) is 9.86. The van der Waals surface area contributed by atoms with Crippen LogP contribution in [0.1, 0.15) is 12.5 Å². The van der Waals surface area contributed by atoms with Crippen LogP contribution in [-0.4, -0.2) is 27.6 Å². The molecular weight excluding hydrogens is 327 g/mol. The van der Waals surface area contributed by atoms with E-state index < -0.39 is 0 Å². The molecule has 1 N–H and O–H groups in total. The van der Waals surface area contributed by atoms with Crippen LogP contribution in [0.15, 0.2) is 58.4 Å². The molecule has 0 bridgehead atoms. The van der Waals surface area contributed by atoms with Crippen molar-refractivity contribution < 1.29 is 14.3 Å². The molecule has 0 unspecified atom stereocenters. The fourth-order valence-electron chi connectivity index (χ4n) is 2.24. The van der Waals surface area contributed by atoms with Crippen molar-refractivity contribution in [2.75, 3.05) is 6.54 Å². The van der Waals surface area contributed by atoms with Crippen LogP contribution in [0, 0.1) is 5.82 Å². The highest BCUT2D eigenvalue weighted by atomic mass is 32.2. The van der Waals surface area contributed by atoms with Gasteiger partial charge in [-0.05, 0) is 55.1 Å². The third-order valence-electron chi connectivity index (χ3n) is 3.47. The fourth-order valence-corrected chi connectivity index (χ4v) is 3.29. The summed E-state index contributed by atoms with van der Waals surface area (Å²) in [7, 11) is 0. The van der Waals surface area contributed by atoms with Gasteiger partial charge in [0.1, 0.15) is 11.6 Å². The summed E-state index contributed by atoms with van der Waals surface area (Å²) in [6.07, 6.45) is 1.55. The number of halogens is 1. The van der Waals surface area contributed by atoms with Gasteiger partial charge in [0.05, 0.1) is 10.6 Å². The molecule has 0 aliphatic carbocycles. The van der Waals surface area contributed by atoms with E-state index >= 15 is 0 Å². The van der Waals surface area contributed by atoms with Gasteiger partial charge in [-0.1, -0.05) is 18.2 Å². The van der Waals surface area contributed by atoms with E-state index in [4.69, 9.17) is 0 Å². The molecule has 0 aromatic heterocycles. The Morgan fingerprint density at radius 1 is 1.21 bits per heavy atom. The third-order valence-corrected chi connectivity index (χ3v) is 4.48. The number of hydrogen-bond acceptors (Lipinski definition) is 4. The lowest BCUT2D eigenvalue weighted by Gasteiger charge is -2.11. The van der Waals surface area contributed by atoms with Crippen molar-refractivity contribution >= 4 is 34.6 Å². The summed E-state index contributed by atoms with van der Waals surface area (Å²) in [5.74, 6) is -0.407. The number of likely N-dealkylation sites (N-methyl/N-ethyl adjacent to an activating group) is 1. The van der Waals surface area contributed by atoms with Gasteiger partial charge >= 0.3 is 0 Å². The SMILES string of the molecule is CCN1C(=O)/C(=C/c2ccccc2F)SC1=Nc1ccc(O)cc1. The number of phenolic OH excluding ortho intramolecular Hbond substituents is 1. The van der Waals surface area contributed by atoms with Crippen molar-refractivity contribution in [2.24, 2.45) is 4.99 Å². The highest BCUT2D eigenvalue weighted by molar-refractivity contribution is 8.18. The van der Waals surface area contributed by atoms with E-state index in [0.717, 1.165) is 0 Å². The Bertz CT molecular complexity index is 831. The lowest BCUT2D eigenvalue weighted by atomic mass is 10.2. The topological polar surface area (TPSA) is 52.9 Å². The molecule has 0 saturated carbocycles. The maximum Gasteiger partial charge on any atom is 0.266 e. The van der Waals surface area contributed by atoms with E-state index in [1.54, 1.807) is 41.3 Å². The Morgan fingerprint density at radius 2 is 1.92 bits per heavy atom. The second-order valence-electron chi connectivity index (χ2n) is 5.09. The number of benzene rings is 2. The second kappa shape index (κ2) is 6.88. The predicted octanol–water partition coefficient (Wildman–Crippen LogP) is 4.16. The van der Waals surface area contributed by atoms with E-state index in [1.807, 2.05) is 6.92 Å². The number of carbonyl (C=O) groups excluding carboxylic acids is 1. The van der Waals surface area contributed by atoms with Gasteiger partial charge in [-0.15, -0.1) is 0 Å². The monoisotopic (exact) mass is 342 g/mol. The molecule has 1 fully saturated rings. The molecule has 0 radical (unpaired) electrons. The summed E-state index contributed by atoms with van der Waals surface area (Å²) in [6, 6.07) is 12.7. The van der Waals surface area contributed by atoms with Crippen molar-refractivity contribution in [3.63, 3.8) is 0 Å². The van der Waals surface area contributed by atoms with Crippen molar-refractivity contribution in [1.29, 1.82) is 0 Å². The lowest BCUT2D eigenvalue weighted by Crippen LogP contribution is -2.28. The van der Waals surface area contributed by atoms with E-state index in [9.17, 15) is 14.3 Å². The zero-order valence-corrected chi connectivity index (χ0v) is 13.8. The van der Waals surface area contributed by atoms with Gasteiger partial charge in [0.15, 0.2) is 5.17 Å². The van der Waals surface area contributed by atoms with E-state index in [2.05, 4.69) is 4.99 Å². The van der Waals surface area contributed by atoms with Gasteiger partial charge in [-0.3, -0.25) is 9.69 Å². The highest BCUT2D eigenvalue weighted by Crippen LogP contribution is 2.34. The number of nitrogens with zero attached hydrogens (tertiary/aromatic N) is 2. The standard InChI is InChI=1S/C18H15FN2O2S/c1-2-21-17(23)16(11-12-5-3-4-6-15(12)19)24-18(21)20-13-7-9-14(22)10-8-13/h3-11,22H,2H2,1H3/b16-11-,20-18?. The molecule has 2 aromatic rings. The van der Waals surface area contributed by atoms with Crippen molar-refractivity contribution in [2.45, 2.75) is 6.92 Å². The molecular formula is C18H15FN2O2S. The average Bonchev–Trinajstić information content (AvgIpc) is 2.87. The molecule has 4 nitrogen and oxygen atoms in total. The second-order valence-corrected chi connectivity index (χ2v) is 6.10. The average molecular weight is 342 g/mol. The number of aliphatic imine (C=N–C) groups is 1. The number of carbonyl (C=O) groups is 1. The van der Waals surface area contributed by atoms with Crippen LogP contribution < -0.4 is 0 Å². The third kappa shape index (κ3) is 3.33. The molecule has 1 saturated heterocycles. The molecule has 0 atom stereocenters. The first-order valence-electron chi connectivity index (χ1n) is 7.42. The molecule has 3 rings (SSSR count). The minimum absolute atomic E-state index is 0.154. The quantitative estimate of drug-likeness (QED) is 0.853. The van der Waals surface area contributed by atoms with Crippen LogP contribution in [0.2, 0.25) is 0 Å². The van der Waals surface area contributed by atoms with Crippen LogP contribution in [-0.2, 0) is 4.79 Å². The Kier molecular flexibility index (Phi) is 4.66. The maximum absolute atomic E-state index is 13.8. The van der Waals surface area contributed by atoms with E-state index in [1.165, 1.54) is 30.0 Å². The Labute approximate surface area is 143 Å². The van der Waals surface area contributed by atoms with E-state index in [0.29, 0.717) is 27.9 Å². The number of amidine groups is 1. The number of rotatable bonds is 3. The lowest BCUT2D eigenvalue weighted by molar-refractivity contribution is -0.122. The van der Waals surface area contributed by atoms with Gasteiger partial charge in [-0.25, -0.2) is 9.38 Å². The fraction of sp³-hybridized carbons (Fsp3) is 0.111. The summed E-state index contributed by atoms with van der Waals surface area (Å²) in [4.78, 5) is 18.9. The molecule has 1 heterocycles. The Morgan fingerprint density at radius 3 is 2.58 bits per heavy atom. The van der Waals surface area contributed by atoms with Gasteiger partial charge < -0.3 is 5.11 Å². The van der Waals surface area contributed by atoms with E-state index in [-0.39, 0.29) is 17.5 Å². The summed E-state index contributed by atoms with van der Waals surface area (Å²) in [6.45, 7) is 2.33. The number of phenols is 1. The van der Waals surface area contributed by atoms with Gasteiger partial charge in [0.2, 0.25) is 0 Å². The van der Waals surface area contributed by atoms with Crippen molar-refractivity contribution in [1.82, 2.24) is 4.90 Å². The Balaban J connectivity index is 1.94. The number of hydrogen-bond donors (Lipinski definition) is 1. The predicted molar refractivity (Wildman–Crippen MR) is 94.6 cm³/mol. The smallest absolute Gasteiger partial charge is 0.266 e. The summed E-state index contributed by atoms with van der Waals surface area (Å²) < 4.78 is 13.8. The molecule has 2 aromatic carbocycles. The van der Waals surface area contributed by atoms with Crippen LogP contribution >= 0.6 is 11.8 Å². The first-order valence-corrected chi connectivity index (χ1v) is 8.24. The molecule has 0 spiro atoms. The van der Waals surface area contributed by atoms with Crippen LogP contribution in [0.3, 0.4) is 0 Å². The van der Waals surface area contributed by atoms with Gasteiger partial charge in [-0.2, -0.15) is 0 Å². The minimum Gasteiger partial charge on any atom is -0.508 e. The summed E-state index contributed by atoms with van der Waals surface area (Å²) in [5.41, 5.74) is 1.00. The van der Waals surface area contributed by atoms with Gasteiger partial charge in [0, 0.05) is 12.1 Å². The van der Waals surface area contributed by atoms with Crippen molar-refractivity contribution in [3.8, 4) is 5.75 Å². The highest BCUT2D eigenvalue weighted by Gasteiger charge is 2.32. The first-order chi connectivity index (χ1) is 11.6. The Hall–Kier alpha value is -2.60. The normalized spacial score (nSPS) is 17.9. The summed E-state index contributed by atoms with van der Waals surface area (Å²) >= 11 is 1.21. The molecule has 1 amide bonds. The first kappa shape index (κ1) is 16.3.